The summed E-state index contributed by atoms with van der Waals surface area (Å²) in [6, 6.07) is 12.3. The fraction of sp³-hybridized carbons (Fsp3) is 0.364. The van der Waals surface area contributed by atoms with Crippen molar-refractivity contribution >= 4 is 11.8 Å². The number of nitrogens with zero attached hydrogens (tertiary/aromatic N) is 1. The van der Waals surface area contributed by atoms with Gasteiger partial charge >= 0.3 is 0 Å². The van der Waals surface area contributed by atoms with E-state index in [2.05, 4.69) is 18.2 Å². The molecular formula is C11H14N2S. The molecule has 2 nitrogen and oxygen atoms in total. The van der Waals surface area contributed by atoms with Gasteiger partial charge in [0.1, 0.15) is 5.54 Å². The summed E-state index contributed by atoms with van der Waals surface area (Å²) < 4.78 is 0. The molecule has 0 bridgehead atoms. The number of hydrogen-bond acceptors (Lipinski definition) is 3. The molecule has 1 aromatic carbocycles. The summed E-state index contributed by atoms with van der Waals surface area (Å²) in [5.74, 6) is 1.58. The Hall–Kier alpha value is -0.980. The average Bonchev–Trinajstić information content (AvgIpc) is 2.19. The van der Waals surface area contributed by atoms with Gasteiger partial charge in [0.15, 0.2) is 0 Å². The van der Waals surface area contributed by atoms with E-state index < -0.39 is 5.54 Å². The Kier molecular flexibility index (Phi) is 3.99. The molecule has 0 aliphatic carbocycles. The minimum Gasteiger partial charge on any atom is -0.313 e. The van der Waals surface area contributed by atoms with Crippen LogP contribution in [0.3, 0.4) is 0 Å². The summed E-state index contributed by atoms with van der Waals surface area (Å²) in [7, 11) is 0. The third-order valence-corrected chi connectivity index (χ3v) is 3.11. The summed E-state index contributed by atoms with van der Waals surface area (Å²) >= 11 is 1.69. The highest BCUT2D eigenvalue weighted by Gasteiger charge is 2.16. The molecule has 0 aromatic heterocycles. The monoisotopic (exact) mass is 206 g/mol. The highest BCUT2D eigenvalue weighted by molar-refractivity contribution is 7.98. The van der Waals surface area contributed by atoms with Gasteiger partial charge in [-0.25, -0.2) is 0 Å². The van der Waals surface area contributed by atoms with Crippen LogP contribution in [0.25, 0.3) is 0 Å². The van der Waals surface area contributed by atoms with Crippen molar-refractivity contribution in [2.75, 3.05) is 5.75 Å². The maximum absolute atomic E-state index is 8.70. The number of nitrogens with two attached hydrogens (primary N) is 1. The number of benzene rings is 1. The first kappa shape index (κ1) is 11.1. The largest absolute Gasteiger partial charge is 0.313 e. The van der Waals surface area contributed by atoms with Crippen LogP contribution in [0.15, 0.2) is 30.3 Å². The van der Waals surface area contributed by atoms with Gasteiger partial charge < -0.3 is 5.73 Å². The second kappa shape index (κ2) is 5.04. The van der Waals surface area contributed by atoms with Crippen molar-refractivity contribution in [2.45, 2.75) is 18.2 Å². The molecule has 0 fully saturated rings. The van der Waals surface area contributed by atoms with E-state index in [1.54, 1.807) is 18.7 Å². The molecule has 0 aliphatic rings. The Morgan fingerprint density at radius 2 is 2.07 bits per heavy atom. The summed E-state index contributed by atoms with van der Waals surface area (Å²) in [5.41, 5.74) is 6.26. The molecule has 0 amide bonds. The molecule has 0 radical (unpaired) electrons. The zero-order chi connectivity index (χ0) is 10.4. The molecule has 74 valence electrons. The van der Waals surface area contributed by atoms with Crippen molar-refractivity contribution in [2.24, 2.45) is 5.73 Å². The van der Waals surface area contributed by atoms with E-state index in [0.717, 1.165) is 5.75 Å². The molecule has 0 unspecified atom stereocenters. The van der Waals surface area contributed by atoms with Crippen molar-refractivity contribution in [1.82, 2.24) is 0 Å². The first-order valence-electron chi connectivity index (χ1n) is 4.46. The molecule has 0 aliphatic heterocycles. The minimum atomic E-state index is -0.709. The zero-order valence-electron chi connectivity index (χ0n) is 8.23. The number of hydrogen-bond donors (Lipinski definition) is 1. The molecule has 0 saturated carbocycles. The van der Waals surface area contributed by atoms with Crippen LogP contribution in [0.2, 0.25) is 0 Å². The minimum absolute atomic E-state index is 0.665. The molecule has 0 saturated heterocycles. The van der Waals surface area contributed by atoms with Gasteiger partial charge in [-0.15, -0.1) is 0 Å². The standard InChI is InChI=1S/C11H14N2S/c1-11(13,8-12)9-14-7-10-5-3-2-4-6-10/h2-6H,7,9,13H2,1H3/t11-/m0/s1. The normalized spacial score (nSPS) is 14.4. The van der Waals surface area contributed by atoms with Crippen molar-refractivity contribution < 1.29 is 0 Å². The second-order valence-electron chi connectivity index (χ2n) is 3.51. The SMILES string of the molecule is C[C@](N)(C#N)CSCc1ccccc1. The number of nitriles is 1. The summed E-state index contributed by atoms with van der Waals surface area (Å²) in [5, 5.41) is 8.70. The lowest BCUT2D eigenvalue weighted by Gasteiger charge is -2.13. The maximum atomic E-state index is 8.70. The van der Waals surface area contributed by atoms with Gasteiger partial charge in [0, 0.05) is 11.5 Å². The zero-order valence-corrected chi connectivity index (χ0v) is 9.05. The maximum Gasteiger partial charge on any atom is 0.110 e. The smallest absolute Gasteiger partial charge is 0.110 e. The first-order chi connectivity index (χ1) is 6.64. The van der Waals surface area contributed by atoms with Crippen molar-refractivity contribution in [3.05, 3.63) is 35.9 Å². The highest BCUT2D eigenvalue weighted by atomic mass is 32.2. The molecule has 1 atom stereocenters. The lowest BCUT2D eigenvalue weighted by Crippen LogP contribution is -2.36. The van der Waals surface area contributed by atoms with Gasteiger partial charge in [-0.2, -0.15) is 17.0 Å². The van der Waals surface area contributed by atoms with Crippen LogP contribution in [0.4, 0.5) is 0 Å². The van der Waals surface area contributed by atoms with Gasteiger partial charge in [-0.1, -0.05) is 30.3 Å². The molecule has 1 rings (SSSR count). The lowest BCUT2D eigenvalue weighted by molar-refractivity contribution is 0.682. The highest BCUT2D eigenvalue weighted by Crippen LogP contribution is 2.15. The molecule has 3 heteroatoms. The number of rotatable bonds is 4. The third kappa shape index (κ3) is 3.82. The average molecular weight is 206 g/mol. The van der Waals surface area contributed by atoms with E-state index in [4.69, 9.17) is 11.0 Å². The Bertz CT molecular complexity index is 314. The van der Waals surface area contributed by atoms with Crippen LogP contribution in [0.5, 0.6) is 0 Å². The topological polar surface area (TPSA) is 49.8 Å². The van der Waals surface area contributed by atoms with Crippen molar-refractivity contribution in [3.63, 3.8) is 0 Å². The quantitative estimate of drug-likeness (QED) is 0.821. The van der Waals surface area contributed by atoms with Gasteiger partial charge in [-0.3, -0.25) is 0 Å². The molecule has 1 aromatic rings. The Balaban J connectivity index is 2.34. The fourth-order valence-electron chi connectivity index (χ4n) is 0.987. The van der Waals surface area contributed by atoms with Gasteiger partial charge in [0.2, 0.25) is 0 Å². The van der Waals surface area contributed by atoms with Crippen LogP contribution >= 0.6 is 11.8 Å². The van der Waals surface area contributed by atoms with E-state index in [0.29, 0.717) is 5.75 Å². The van der Waals surface area contributed by atoms with E-state index in [1.807, 2.05) is 18.2 Å². The number of thioether (sulfide) groups is 1. The Morgan fingerprint density at radius 3 is 2.64 bits per heavy atom. The Morgan fingerprint density at radius 1 is 1.43 bits per heavy atom. The third-order valence-electron chi connectivity index (χ3n) is 1.77. The Labute approximate surface area is 89.1 Å². The van der Waals surface area contributed by atoms with E-state index in [9.17, 15) is 0 Å². The molecule has 0 spiro atoms. The van der Waals surface area contributed by atoms with Crippen LogP contribution in [-0.4, -0.2) is 11.3 Å². The summed E-state index contributed by atoms with van der Waals surface area (Å²) in [4.78, 5) is 0. The summed E-state index contributed by atoms with van der Waals surface area (Å²) in [6.45, 7) is 1.75. The lowest BCUT2D eigenvalue weighted by atomic mass is 10.1. The molecule has 0 heterocycles. The van der Waals surface area contributed by atoms with E-state index >= 15 is 0 Å². The van der Waals surface area contributed by atoms with Gasteiger partial charge in [0.25, 0.3) is 0 Å². The second-order valence-corrected chi connectivity index (χ2v) is 4.49. The van der Waals surface area contributed by atoms with Gasteiger partial charge in [0.05, 0.1) is 6.07 Å². The van der Waals surface area contributed by atoms with Gasteiger partial charge in [-0.05, 0) is 12.5 Å². The van der Waals surface area contributed by atoms with Crippen LogP contribution < -0.4 is 5.73 Å². The molecule has 14 heavy (non-hydrogen) atoms. The predicted octanol–water partition coefficient (Wildman–Crippen LogP) is 2.16. The van der Waals surface area contributed by atoms with Crippen LogP contribution in [0.1, 0.15) is 12.5 Å². The van der Waals surface area contributed by atoms with E-state index in [1.165, 1.54) is 5.56 Å². The van der Waals surface area contributed by atoms with Crippen LogP contribution in [-0.2, 0) is 5.75 Å². The van der Waals surface area contributed by atoms with Crippen molar-refractivity contribution in [3.8, 4) is 6.07 Å². The first-order valence-corrected chi connectivity index (χ1v) is 5.61. The molecule has 2 N–H and O–H groups in total. The summed E-state index contributed by atoms with van der Waals surface area (Å²) in [6.07, 6.45) is 0. The predicted molar refractivity (Wildman–Crippen MR) is 60.8 cm³/mol. The van der Waals surface area contributed by atoms with Crippen LogP contribution in [0, 0.1) is 11.3 Å². The van der Waals surface area contributed by atoms with E-state index in [-0.39, 0.29) is 0 Å². The fourth-order valence-corrected chi connectivity index (χ4v) is 2.01. The molecular weight excluding hydrogens is 192 g/mol. The van der Waals surface area contributed by atoms with Crippen molar-refractivity contribution in [1.29, 1.82) is 5.26 Å².